The van der Waals surface area contributed by atoms with Gasteiger partial charge in [-0.3, -0.25) is 27.9 Å². The van der Waals surface area contributed by atoms with Crippen molar-refractivity contribution >= 4 is 106 Å². The zero-order chi connectivity index (χ0) is 42.9. The van der Waals surface area contributed by atoms with Crippen LogP contribution in [0.3, 0.4) is 0 Å². The standard InChI is InChI=1S/C27H26Cl2N14O12S3/c1-3-43-20(44)12(9-55-31)10(2)19(21(43)45)42-41-15-7-14(17(57(49,50)51)8-18(15)58(52,53)54)34-27-38-23(29)37-25(40-27)32-11-4-5-16(56(46,47)48)13(6-11)33-26-36-22(28)35-24(30)39-26/h4-8,44H,3,9,31H2,1-2H3,(H,46,47,48)(H,49,50,51)(H,52,53,54)(H3,30,33,35,36,39)(H2,32,34,37,38,40). The third-order valence-electron chi connectivity index (χ3n) is 7.44. The van der Waals surface area contributed by atoms with Crippen LogP contribution in [0.15, 0.2) is 60.0 Å². The summed E-state index contributed by atoms with van der Waals surface area (Å²) in [5.41, 5.74) is 2.51. The van der Waals surface area contributed by atoms with E-state index >= 15 is 0 Å². The molecule has 0 saturated heterocycles. The van der Waals surface area contributed by atoms with Gasteiger partial charge in [-0.25, -0.2) is 5.90 Å². The number of rotatable bonds is 14. The number of nitrogens with one attached hydrogen (secondary N) is 3. The number of azo groups is 1. The average Bonchev–Trinajstić information content (AvgIpc) is 3.08. The van der Waals surface area contributed by atoms with Crippen LogP contribution in [-0.2, 0) is 48.3 Å². The van der Waals surface area contributed by atoms with Crippen molar-refractivity contribution in [1.29, 1.82) is 0 Å². The van der Waals surface area contributed by atoms with E-state index in [1.54, 1.807) is 0 Å². The molecule has 0 fully saturated rings. The van der Waals surface area contributed by atoms with Crippen molar-refractivity contribution in [2.75, 3.05) is 21.7 Å². The second kappa shape index (κ2) is 16.6. The van der Waals surface area contributed by atoms with Gasteiger partial charge in [-0.1, -0.05) is 0 Å². The Morgan fingerprint density at radius 3 is 1.88 bits per heavy atom. The highest BCUT2D eigenvalue weighted by atomic mass is 35.5. The van der Waals surface area contributed by atoms with Crippen LogP contribution in [-0.4, -0.2) is 78.5 Å². The second-order valence-corrected chi connectivity index (χ2v) is 16.0. The Hall–Kier alpha value is -5.76. The van der Waals surface area contributed by atoms with Crippen molar-refractivity contribution in [2.24, 2.45) is 16.1 Å². The minimum atomic E-state index is -5.33. The van der Waals surface area contributed by atoms with E-state index in [0.29, 0.717) is 12.1 Å². The van der Waals surface area contributed by atoms with Gasteiger partial charge in [-0.05, 0) is 72.9 Å². The van der Waals surface area contributed by atoms with Crippen molar-refractivity contribution in [1.82, 2.24) is 34.5 Å². The second-order valence-electron chi connectivity index (χ2n) is 11.2. The number of aromatic hydroxyl groups is 1. The molecule has 3 aromatic heterocycles. The van der Waals surface area contributed by atoms with E-state index in [1.807, 2.05) is 0 Å². The van der Waals surface area contributed by atoms with Crippen LogP contribution >= 0.6 is 23.2 Å². The van der Waals surface area contributed by atoms with Crippen LogP contribution in [0.25, 0.3) is 0 Å². The lowest BCUT2D eigenvalue weighted by molar-refractivity contribution is 0.120. The Kier molecular flexibility index (Phi) is 12.4. The van der Waals surface area contributed by atoms with Gasteiger partial charge in [0.05, 0.1) is 18.0 Å². The fourth-order valence-corrected chi connectivity index (χ4v) is 7.27. The van der Waals surface area contributed by atoms with Crippen LogP contribution in [0.5, 0.6) is 5.88 Å². The van der Waals surface area contributed by atoms with E-state index in [2.05, 4.69) is 60.9 Å². The molecule has 2 aromatic carbocycles. The number of halogens is 2. The Labute approximate surface area is 335 Å². The molecular weight excluding hydrogens is 879 g/mol. The van der Waals surface area contributed by atoms with Crippen molar-refractivity contribution < 1.29 is 48.9 Å². The lowest BCUT2D eigenvalue weighted by atomic mass is 10.1. The smallest absolute Gasteiger partial charge is 0.296 e. The van der Waals surface area contributed by atoms with Gasteiger partial charge in [0.2, 0.25) is 34.4 Å². The van der Waals surface area contributed by atoms with Crippen LogP contribution in [0.4, 0.5) is 52.2 Å². The van der Waals surface area contributed by atoms with Gasteiger partial charge in [0, 0.05) is 17.8 Å². The molecule has 31 heteroatoms. The monoisotopic (exact) mass is 904 g/mol. The molecule has 0 spiro atoms. The maximum atomic E-state index is 13.2. The van der Waals surface area contributed by atoms with Crippen molar-refractivity contribution in [3.8, 4) is 5.88 Å². The molecule has 11 N–H and O–H groups in total. The van der Waals surface area contributed by atoms with E-state index in [-0.39, 0.29) is 46.2 Å². The molecule has 308 valence electrons. The molecule has 5 aromatic rings. The molecule has 0 amide bonds. The van der Waals surface area contributed by atoms with Gasteiger partial charge in [0.25, 0.3) is 35.9 Å². The molecule has 0 atom stereocenters. The minimum absolute atomic E-state index is 0.0119. The number of hydrogen-bond acceptors (Lipinski definition) is 22. The molecule has 0 bridgehead atoms. The zero-order valence-electron chi connectivity index (χ0n) is 29.0. The topological polar surface area (TPSA) is 405 Å². The Balaban J connectivity index is 1.59. The van der Waals surface area contributed by atoms with Gasteiger partial charge < -0.3 is 26.8 Å². The molecule has 5 rings (SSSR count). The van der Waals surface area contributed by atoms with Gasteiger partial charge in [0.15, 0.2) is 11.6 Å². The molecule has 58 heavy (non-hydrogen) atoms. The molecule has 0 unspecified atom stereocenters. The molecule has 26 nitrogen and oxygen atoms in total. The number of nitrogens with two attached hydrogens (primary N) is 2. The maximum Gasteiger partial charge on any atom is 0.296 e. The van der Waals surface area contributed by atoms with Crippen molar-refractivity contribution in [2.45, 2.75) is 41.7 Å². The van der Waals surface area contributed by atoms with Gasteiger partial charge in [-0.2, -0.15) is 55.2 Å². The Morgan fingerprint density at radius 1 is 0.776 bits per heavy atom. The van der Waals surface area contributed by atoms with Crippen LogP contribution < -0.4 is 33.1 Å². The molecule has 0 saturated carbocycles. The molecular formula is C27H26Cl2N14O12S3. The first-order valence-electron chi connectivity index (χ1n) is 15.3. The first kappa shape index (κ1) is 43.4. The van der Waals surface area contributed by atoms with Crippen LogP contribution in [0, 0.1) is 6.92 Å². The fraction of sp³-hybridized carbons (Fsp3) is 0.148. The van der Waals surface area contributed by atoms with Gasteiger partial charge >= 0.3 is 0 Å². The highest BCUT2D eigenvalue weighted by Crippen LogP contribution is 2.37. The molecule has 0 aliphatic rings. The predicted octanol–water partition coefficient (Wildman–Crippen LogP) is 2.92. The quantitative estimate of drug-likeness (QED) is 0.0439. The Bertz CT molecular complexity index is 2880. The lowest BCUT2D eigenvalue weighted by Crippen LogP contribution is -2.22. The van der Waals surface area contributed by atoms with E-state index in [9.17, 15) is 48.8 Å². The number of nitrogen functional groups attached to an aromatic ring is 1. The minimum Gasteiger partial charge on any atom is -0.494 e. The summed E-state index contributed by atoms with van der Waals surface area (Å²) < 4.78 is 105. The SMILES string of the molecule is CCn1c(O)c(CON)c(C)c(N=Nc2cc(Nc3nc(Cl)nc(Nc4ccc(S(=O)(=O)O)c(Nc5nc(N)nc(Cl)n5)c4)n3)c(S(=O)(=O)O)cc2S(=O)(=O)O)c1=O. The normalized spacial score (nSPS) is 12.2. The molecule has 0 aliphatic carbocycles. The average molecular weight is 906 g/mol. The van der Waals surface area contributed by atoms with E-state index < -0.39 is 97.3 Å². The third-order valence-corrected chi connectivity index (χ3v) is 10.5. The largest absolute Gasteiger partial charge is 0.494 e. The van der Waals surface area contributed by atoms with Gasteiger partial charge in [0.1, 0.15) is 20.4 Å². The van der Waals surface area contributed by atoms with Crippen LogP contribution in [0.1, 0.15) is 18.1 Å². The fourth-order valence-electron chi connectivity index (χ4n) is 4.96. The van der Waals surface area contributed by atoms with Gasteiger partial charge in [-0.15, -0.1) is 10.2 Å². The molecule has 0 aliphatic heterocycles. The Morgan fingerprint density at radius 2 is 1.33 bits per heavy atom. The van der Waals surface area contributed by atoms with Crippen molar-refractivity contribution in [3.05, 3.63) is 62.4 Å². The van der Waals surface area contributed by atoms with E-state index in [0.717, 1.165) is 22.8 Å². The maximum absolute atomic E-state index is 13.2. The predicted molar refractivity (Wildman–Crippen MR) is 202 cm³/mol. The third kappa shape index (κ3) is 9.84. The lowest BCUT2D eigenvalue weighted by Gasteiger charge is -2.15. The highest BCUT2D eigenvalue weighted by molar-refractivity contribution is 7.87. The zero-order valence-corrected chi connectivity index (χ0v) is 33.0. The molecule has 0 radical (unpaired) electrons. The first-order chi connectivity index (χ1) is 27.0. The summed E-state index contributed by atoms with van der Waals surface area (Å²) in [5, 5.41) is 24.9. The number of hydrogen-bond donors (Lipinski definition) is 9. The number of anilines is 7. The number of nitrogens with zero attached hydrogens (tertiary/aromatic N) is 9. The summed E-state index contributed by atoms with van der Waals surface area (Å²) in [4.78, 5) is 37.7. The number of benzene rings is 2. The summed E-state index contributed by atoms with van der Waals surface area (Å²) in [6.45, 7) is 2.41. The first-order valence-corrected chi connectivity index (χ1v) is 20.4. The van der Waals surface area contributed by atoms with Crippen LogP contribution in [0.2, 0.25) is 10.6 Å². The van der Waals surface area contributed by atoms with Crippen molar-refractivity contribution in [3.63, 3.8) is 0 Å². The van der Waals surface area contributed by atoms with E-state index in [1.165, 1.54) is 13.8 Å². The number of aromatic nitrogens is 7. The molecule has 3 heterocycles. The summed E-state index contributed by atoms with van der Waals surface area (Å²) in [6, 6.07) is 4.25. The highest BCUT2D eigenvalue weighted by Gasteiger charge is 2.27. The number of pyridine rings is 1. The summed E-state index contributed by atoms with van der Waals surface area (Å²) in [6.07, 6.45) is 0. The summed E-state index contributed by atoms with van der Waals surface area (Å²) in [7, 11) is -15.5. The van der Waals surface area contributed by atoms with E-state index in [4.69, 9.17) is 34.8 Å². The summed E-state index contributed by atoms with van der Waals surface area (Å²) in [5.74, 6) is 3.07. The summed E-state index contributed by atoms with van der Waals surface area (Å²) >= 11 is 11.9.